The predicted molar refractivity (Wildman–Crippen MR) is 96.2 cm³/mol. The average Bonchev–Trinajstić information content (AvgIpc) is 3.03. The molecule has 0 radical (unpaired) electrons. The van der Waals surface area contributed by atoms with Crippen LogP contribution in [0.3, 0.4) is 0 Å². The Kier molecular flexibility index (Phi) is 5.11. The zero-order chi connectivity index (χ0) is 18.7. The third-order valence-corrected chi connectivity index (χ3v) is 3.99. The van der Waals surface area contributed by atoms with Gasteiger partial charge in [0, 0.05) is 30.5 Å². The molecule has 0 saturated carbocycles. The Morgan fingerprint density at radius 1 is 1.15 bits per heavy atom. The topological polar surface area (TPSA) is 46.9 Å². The van der Waals surface area contributed by atoms with Gasteiger partial charge in [0.05, 0.1) is 0 Å². The summed E-state index contributed by atoms with van der Waals surface area (Å²) in [6.07, 6.45) is 3.65. The van der Waals surface area contributed by atoms with Gasteiger partial charge >= 0.3 is 0 Å². The highest BCUT2D eigenvalue weighted by Gasteiger charge is 2.17. The molecule has 0 bridgehead atoms. The molecule has 2 aromatic carbocycles. The summed E-state index contributed by atoms with van der Waals surface area (Å²) in [6.45, 7) is 4.72. The van der Waals surface area contributed by atoms with Gasteiger partial charge in [-0.15, -0.1) is 0 Å². The van der Waals surface area contributed by atoms with Crippen LogP contribution in [0.2, 0.25) is 0 Å². The highest BCUT2D eigenvalue weighted by Crippen LogP contribution is 2.18. The first kappa shape index (κ1) is 17.8. The number of hydrogen-bond acceptors (Lipinski definition) is 2. The molecule has 0 atom stereocenters. The lowest BCUT2D eigenvalue weighted by Crippen LogP contribution is -2.16. The fraction of sp³-hybridized carbons (Fsp3) is 0.200. The van der Waals surface area contributed by atoms with Crippen LogP contribution in [0.1, 0.15) is 41.5 Å². The van der Waals surface area contributed by atoms with Crippen molar-refractivity contribution in [2.75, 3.05) is 5.32 Å². The smallest absolute Gasteiger partial charge is 0.261 e. The van der Waals surface area contributed by atoms with E-state index in [1.807, 2.05) is 16.8 Å². The normalized spacial score (nSPS) is 11.0. The van der Waals surface area contributed by atoms with Gasteiger partial charge in [-0.05, 0) is 29.8 Å². The van der Waals surface area contributed by atoms with Crippen molar-refractivity contribution >= 4 is 11.6 Å². The second-order valence-electron chi connectivity index (χ2n) is 6.32. The molecule has 0 saturated heterocycles. The number of amides is 1. The van der Waals surface area contributed by atoms with E-state index in [2.05, 4.69) is 24.1 Å². The van der Waals surface area contributed by atoms with Gasteiger partial charge in [0.25, 0.3) is 5.91 Å². The van der Waals surface area contributed by atoms with Gasteiger partial charge in [-0.3, -0.25) is 4.79 Å². The molecule has 0 spiro atoms. The number of carbonyl (C=O) groups is 1. The third-order valence-electron chi connectivity index (χ3n) is 3.99. The molecule has 0 aliphatic heterocycles. The fourth-order valence-electron chi connectivity index (χ4n) is 2.81. The van der Waals surface area contributed by atoms with Crippen molar-refractivity contribution in [2.45, 2.75) is 26.3 Å². The monoisotopic (exact) mass is 355 g/mol. The van der Waals surface area contributed by atoms with Gasteiger partial charge in [0.2, 0.25) is 0 Å². The van der Waals surface area contributed by atoms with E-state index in [4.69, 9.17) is 0 Å². The molecule has 26 heavy (non-hydrogen) atoms. The molecule has 1 N–H and O–H groups in total. The summed E-state index contributed by atoms with van der Waals surface area (Å²) in [5.41, 5.74) is 0.827. The summed E-state index contributed by atoms with van der Waals surface area (Å²) in [7, 11) is 0. The molecule has 3 aromatic rings. The van der Waals surface area contributed by atoms with Crippen LogP contribution in [0.25, 0.3) is 0 Å². The van der Waals surface area contributed by atoms with Crippen LogP contribution in [-0.4, -0.2) is 15.5 Å². The lowest BCUT2D eigenvalue weighted by Gasteiger charge is -2.12. The second-order valence-corrected chi connectivity index (χ2v) is 6.32. The summed E-state index contributed by atoms with van der Waals surface area (Å²) in [5.74, 6) is -1.34. The van der Waals surface area contributed by atoms with E-state index in [1.54, 1.807) is 24.4 Å². The Labute approximate surface area is 150 Å². The zero-order valence-corrected chi connectivity index (χ0v) is 14.5. The Hall–Kier alpha value is -3.02. The fourth-order valence-corrected chi connectivity index (χ4v) is 2.81. The standard InChI is InChI=1S/C20H19F2N3O/c1-13(2)19-23-9-10-25(19)12-14-5-3-6-15(11-14)24-20(26)18-16(21)7-4-8-17(18)22/h3-11,13H,12H2,1-2H3,(H,24,26). The number of carbonyl (C=O) groups excluding carboxylic acids is 1. The maximum atomic E-state index is 13.7. The molecular weight excluding hydrogens is 336 g/mol. The lowest BCUT2D eigenvalue weighted by molar-refractivity contribution is 0.101. The predicted octanol–water partition coefficient (Wildman–Crippen LogP) is 4.59. The number of nitrogens with zero attached hydrogens (tertiary/aromatic N) is 2. The quantitative estimate of drug-likeness (QED) is 0.728. The van der Waals surface area contributed by atoms with Crippen LogP contribution in [0.4, 0.5) is 14.5 Å². The average molecular weight is 355 g/mol. The van der Waals surface area contributed by atoms with Gasteiger partial charge < -0.3 is 9.88 Å². The van der Waals surface area contributed by atoms with Crippen LogP contribution in [0.5, 0.6) is 0 Å². The van der Waals surface area contributed by atoms with Crippen LogP contribution >= 0.6 is 0 Å². The molecule has 1 amide bonds. The molecule has 1 heterocycles. The van der Waals surface area contributed by atoms with Crippen molar-refractivity contribution in [1.29, 1.82) is 0 Å². The maximum absolute atomic E-state index is 13.7. The largest absolute Gasteiger partial charge is 0.330 e. The number of hydrogen-bond donors (Lipinski definition) is 1. The van der Waals surface area contributed by atoms with E-state index in [-0.39, 0.29) is 5.92 Å². The Balaban J connectivity index is 1.79. The summed E-state index contributed by atoms with van der Waals surface area (Å²) in [4.78, 5) is 16.6. The van der Waals surface area contributed by atoms with Crippen molar-refractivity contribution in [2.24, 2.45) is 0 Å². The highest BCUT2D eigenvalue weighted by molar-refractivity contribution is 6.04. The summed E-state index contributed by atoms with van der Waals surface area (Å²) in [5, 5.41) is 2.55. The third kappa shape index (κ3) is 3.79. The minimum absolute atomic E-state index is 0.289. The minimum Gasteiger partial charge on any atom is -0.330 e. The maximum Gasteiger partial charge on any atom is 0.261 e. The molecule has 0 aliphatic rings. The van der Waals surface area contributed by atoms with E-state index in [9.17, 15) is 13.6 Å². The van der Waals surface area contributed by atoms with Crippen molar-refractivity contribution in [1.82, 2.24) is 9.55 Å². The number of aromatic nitrogens is 2. The number of imidazole rings is 1. The first-order valence-corrected chi connectivity index (χ1v) is 8.31. The molecule has 134 valence electrons. The van der Waals surface area contributed by atoms with Gasteiger partial charge in [-0.2, -0.15) is 0 Å². The molecule has 0 unspecified atom stereocenters. The molecule has 0 aliphatic carbocycles. The van der Waals surface area contributed by atoms with Crippen molar-refractivity contribution in [3.05, 3.63) is 83.4 Å². The van der Waals surface area contributed by atoms with Crippen LogP contribution < -0.4 is 5.32 Å². The van der Waals surface area contributed by atoms with Crippen LogP contribution in [0.15, 0.2) is 54.9 Å². The van der Waals surface area contributed by atoms with Crippen LogP contribution in [0, 0.1) is 11.6 Å². The van der Waals surface area contributed by atoms with Crippen molar-refractivity contribution in [3.63, 3.8) is 0 Å². The zero-order valence-electron chi connectivity index (χ0n) is 14.5. The van der Waals surface area contributed by atoms with Crippen molar-refractivity contribution in [3.8, 4) is 0 Å². The number of benzene rings is 2. The second kappa shape index (κ2) is 7.47. The van der Waals surface area contributed by atoms with E-state index in [0.29, 0.717) is 12.2 Å². The number of nitrogens with one attached hydrogen (secondary N) is 1. The summed E-state index contributed by atoms with van der Waals surface area (Å²) < 4.78 is 29.5. The summed E-state index contributed by atoms with van der Waals surface area (Å²) >= 11 is 0. The first-order chi connectivity index (χ1) is 12.5. The van der Waals surface area contributed by atoms with E-state index in [1.165, 1.54) is 6.07 Å². The van der Waals surface area contributed by atoms with Gasteiger partial charge in [0.1, 0.15) is 23.0 Å². The molecule has 6 heteroatoms. The molecule has 0 fully saturated rings. The molecule has 3 rings (SSSR count). The van der Waals surface area contributed by atoms with Gasteiger partial charge in [0.15, 0.2) is 0 Å². The Morgan fingerprint density at radius 2 is 1.85 bits per heavy atom. The Morgan fingerprint density at radius 3 is 2.54 bits per heavy atom. The van der Waals surface area contributed by atoms with E-state index >= 15 is 0 Å². The van der Waals surface area contributed by atoms with Gasteiger partial charge in [-0.1, -0.05) is 32.0 Å². The Bertz CT molecular complexity index is 914. The number of anilines is 1. The van der Waals surface area contributed by atoms with Crippen LogP contribution in [-0.2, 0) is 6.54 Å². The van der Waals surface area contributed by atoms with E-state index < -0.39 is 23.1 Å². The molecule has 1 aromatic heterocycles. The summed E-state index contributed by atoms with van der Waals surface area (Å²) in [6, 6.07) is 10.5. The van der Waals surface area contributed by atoms with E-state index in [0.717, 1.165) is 23.5 Å². The lowest BCUT2D eigenvalue weighted by atomic mass is 10.1. The molecule has 4 nitrogen and oxygen atoms in total. The number of rotatable bonds is 5. The SMILES string of the molecule is CC(C)c1nccn1Cc1cccc(NC(=O)c2c(F)cccc2F)c1. The first-order valence-electron chi connectivity index (χ1n) is 8.31. The number of halogens is 2. The molecular formula is C20H19F2N3O. The highest BCUT2D eigenvalue weighted by atomic mass is 19.1. The minimum atomic E-state index is -0.890. The van der Waals surface area contributed by atoms with Crippen molar-refractivity contribution < 1.29 is 13.6 Å². The van der Waals surface area contributed by atoms with Gasteiger partial charge in [-0.25, -0.2) is 13.8 Å².